The molecule has 2 rings (SSSR count). The van der Waals surface area contributed by atoms with Gasteiger partial charge in [0.25, 0.3) is 0 Å². The van der Waals surface area contributed by atoms with Crippen LogP contribution in [0.3, 0.4) is 0 Å². The first-order valence-corrected chi connectivity index (χ1v) is 7.92. The molecule has 96 valence electrons. The third-order valence-corrected chi connectivity index (χ3v) is 5.74. The first-order valence-electron chi connectivity index (χ1n) is 6.19. The van der Waals surface area contributed by atoms with Crippen LogP contribution in [0.15, 0.2) is 18.2 Å². The molecule has 18 heavy (non-hydrogen) atoms. The minimum Gasteiger partial charge on any atom is -0.144 e. The van der Waals surface area contributed by atoms with Crippen molar-refractivity contribution in [3.8, 4) is 0 Å². The van der Waals surface area contributed by atoms with E-state index in [0.29, 0.717) is 4.83 Å². The van der Waals surface area contributed by atoms with Crippen molar-refractivity contribution in [2.45, 2.75) is 39.4 Å². The van der Waals surface area contributed by atoms with Crippen LogP contribution in [0.4, 0.5) is 0 Å². The Morgan fingerprint density at radius 3 is 1.89 bits per heavy atom. The lowest BCUT2D eigenvalue weighted by atomic mass is 9.96. The molecule has 1 aromatic heterocycles. The van der Waals surface area contributed by atoms with E-state index < -0.39 is 0 Å². The van der Waals surface area contributed by atoms with Crippen molar-refractivity contribution in [3.05, 3.63) is 55.8 Å². The average molecular weight is 323 g/mol. The van der Waals surface area contributed by atoms with Crippen LogP contribution in [0.1, 0.15) is 42.4 Å². The predicted octanol–water partition coefficient (Wildman–Crippen LogP) is 5.77. The van der Waals surface area contributed by atoms with Crippen molar-refractivity contribution < 1.29 is 0 Å². The maximum atomic E-state index is 3.89. The number of hydrogen-bond acceptors (Lipinski definition) is 1. The van der Waals surface area contributed by atoms with Crippen molar-refractivity contribution in [3.63, 3.8) is 0 Å². The van der Waals surface area contributed by atoms with E-state index >= 15 is 0 Å². The molecule has 0 aliphatic heterocycles. The van der Waals surface area contributed by atoms with E-state index in [9.17, 15) is 0 Å². The lowest BCUT2D eigenvalue weighted by molar-refractivity contribution is 1.11. The fourth-order valence-electron chi connectivity index (χ4n) is 2.63. The topological polar surface area (TPSA) is 0 Å². The molecule has 2 heteroatoms. The summed E-state index contributed by atoms with van der Waals surface area (Å²) >= 11 is 5.79. The number of rotatable bonds is 2. The Kier molecular flexibility index (Phi) is 3.98. The second kappa shape index (κ2) is 5.18. The van der Waals surface area contributed by atoms with Gasteiger partial charge in [0.15, 0.2) is 0 Å². The summed E-state index contributed by atoms with van der Waals surface area (Å²) < 4.78 is 0. The minimum absolute atomic E-state index is 0.316. The van der Waals surface area contributed by atoms with Gasteiger partial charge in [-0.25, -0.2) is 0 Å². The molecule has 0 aliphatic rings. The predicted molar refractivity (Wildman–Crippen MR) is 85.2 cm³/mol. The Balaban J connectivity index is 2.52. The van der Waals surface area contributed by atoms with E-state index in [0.717, 1.165) is 0 Å². The van der Waals surface area contributed by atoms with Gasteiger partial charge in [-0.15, -0.1) is 11.3 Å². The number of thiophene rings is 1. The highest BCUT2D eigenvalue weighted by Gasteiger charge is 2.19. The first kappa shape index (κ1) is 13.8. The monoisotopic (exact) mass is 322 g/mol. The van der Waals surface area contributed by atoms with Crippen LogP contribution < -0.4 is 0 Å². The van der Waals surface area contributed by atoms with Crippen molar-refractivity contribution in [1.29, 1.82) is 0 Å². The van der Waals surface area contributed by atoms with E-state index in [2.05, 4.69) is 68.7 Å². The smallest absolute Gasteiger partial charge is 0.0745 e. The highest BCUT2D eigenvalue weighted by atomic mass is 79.9. The normalized spacial score (nSPS) is 12.8. The summed E-state index contributed by atoms with van der Waals surface area (Å²) in [5.41, 5.74) is 6.90. The molecule has 0 radical (unpaired) electrons. The van der Waals surface area contributed by atoms with Crippen LogP contribution in [-0.2, 0) is 0 Å². The summed E-state index contributed by atoms with van der Waals surface area (Å²) in [6.07, 6.45) is 0. The molecule has 0 fully saturated rings. The molecule has 2 aromatic rings. The lowest BCUT2D eigenvalue weighted by Crippen LogP contribution is -1.99. The van der Waals surface area contributed by atoms with Gasteiger partial charge >= 0.3 is 0 Å². The van der Waals surface area contributed by atoms with Crippen molar-refractivity contribution >= 4 is 27.3 Å². The molecule has 1 heterocycles. The molecular weight excluding hydrogens is 304 g/mol. The molecule has 0 nitrogen and oxygen atoms in total. The maximum absolute atomic E-state index is 3.89. The number of hydrogen-bond donors (Lipinski definition) is 0. The van der Waals surface area contributed by atoms with Crippen LogP contribution in [0, 0.1) is 34.6 Å². The highest BCUT2D eigenvalue weighted by molar-refractivity contribution is 9.09. The molecule has 1 aromatic carbocycles. The lowest BCUT2D eigenvalue weighted by Gasteiger charge is -2.17. The Morgan fingerprint density at radius 1 is 0.889 bits per heavy atom. The van der Waals surface area contributed by atoms with Gasteiger partial charge in [-0.3, -0.25) is 0 Å². The van der Waals surface area contributed by atoms with Gasteiger partial charge in [-0.1, -0.05) is 33.6 Å². The molecule has 0 N–H and O–H groups in total. The Morgan fingerprint density at radius 2 is 1.44 bits per heavy atom. The quantitative estimate of drug-likeness (QED) is 0.615. The number of benzene rings is 1. The van der Waals surface area contributed by atoms with Gasteiger partial charge < -0.3 is 0 Å². The SMILES string of the molecule is Cc1cc(C)c(C(Br)c2sc(C)cc2C)c(C)c1. The highest BCUT2D eigenvalue weighted by Crippen LogP contribution is 2.40. The number of halogens is 1. The molecule has 0 saturated heterocycles. The van der Waals surface area contributed by atoms with Crippen molar-refractivity contribution in [2.75, 3.05) is 0 Å². The molecular formula is C16H19BrS. The summed E-state index contributed by atoms with van der Waals surface area (Å²) in [6.45, 7) is 11.0. The molecule has 1 unspecified atom stereocenters. The summed E-state index contributed by atoms with van der Waals surface area (Å²) in [5, 5.41) is 0. The van der Waals surface area contributed by atoms with Crippen LogP contribution in [0.2, 0.25) is 0 Å². The molecule has 1 atom stereocenters. The zero-order valence-electron chi connectivity index (χ0n) is 11.6. The van der Waals surface area contributed by atoms with Gasteiger partial charge in [0.05, 0.1) is 4.83 Å². The Bertz CT molecular complexity index is 558. The second-order valence-corrected chi connectivity index (χ2v) is 7.28. The van der Waals surface area contributed by atoms with Gasteiger partial charge in [0.2, 0.25) is 0 Å². The summed E-state index contributed by atoms with van der Waals surface area (Å²) in [7, 11) is 0. The average Bonchev–Trinajstić information content (AvgIpc) is 2.56. The van der Waals surface area contributed by atoms with Gasteiger partial charge in [0, 0.05) is 9.75 Å². The third kappa shape index (κ3) is 2.55. The van der Waals surface area contributed by atoms with Crippen LogP contribution in [0.25, 0.3) is 0 Å². The summed E-state index contributed by atoms with van der Waals surface area (Å²) in [4.78, 5) is 3.13. The summed E-state index contributed by atoms with van der Waals surface area (Å²) in [6, 6.07) is 6.81. The standard InChI is InChI=1S/C16H19BrS/c1-9-6-10(2)14(11(3)7-9)15(17)16-12(4)8-13(5)18-16/h6-8,15H,1-5H3. The molecule has 0 bridgehead atoms. The van der Waals surface area contributed by atoms with E-state index in [4.69, 9.17) is 0 Å². The van der Waals surface area contributed by atoms with E-state index in [1.54, 1.807) is 0 Å². The number of aryl methyl sites for hydroxylation is 5. The van der Waals surface area contributed by atoms with Crippen LogP contribution in [0.5, 0.6) is 0 Å². The molecule has 0 saturated carbocycles. The largest absolute Gasteiger partial charge is 0.144 e. The van der Waals surface area contributed by atoms with Gasteiger partial charge in [0.1, 0.15) is 0 Å². The molecule has 0 amide bonds. The number of alkyl halides is 1. The summed E-state index contributed by atoms with van der Waals surface area (Å²) in [5.74, 6) is 0. The molecule has 0 aliphatic carbocycles. The van der Waals surface area contributed by atoms with E-state index in [1.807, 2.05) is 11.3 Å². The fourth-order valence-corrected chi connectivity index (χ4v) is 5.02. The maximum Gasteiger partial charge on any atom is 0.0745 e. The minimum atomic E-state index is 0.316. The zero-order chi connectivity index (χ0) is 13.4. The van der Waals surface area contributed by atoms with E-state index in [-0.39, 0.29) is 0 Å². The molecule has 0 spiro atoms. The Hall–Kier alpha value is -0.600. The van der Waals surface area contributed by atoms with Crippen molar-refractivity contribution in [2.24, 2.45) is 0 Å². The zero-order valence-corrected chi connectivity index (χ0v) is 14.0. The third-order valence-electron chi connectivity index (χ3n) is 3.30. The fraction of sp³-hybridized carbons (Fsp3) is 0.375. The van der Waals surface area contributed by atoms with Crippen LogP contribution >= 0.6 is 27.3 Å². The Labute approximate surface area is 122 Å². The second-order valence-electron chi connectivity index (χ2n) is 5.08. The van der Waals surface area contributed by atoms with Crippen LogP contribution in [-0.4, -0.2) is 0 Å². The first-order chi connectivity index (χ1) is 8.40. The van der Waals surface area contributed by atoms with E-state index in [1.165, 1.54) is 37.6 Å². The van der Waals surface area contributed by atoms with Crippen molar-refractivity contribution in [1.82, 2.24) is 0 Å². The van der Waals surface area contributed by atoms with Gasteiger partial charge in [-0.2, -0.15) is 0 Å². The van der Waals surface area contributed by atoms with Gasteiger partial charge in [-0.05, 0) is 62.9 Å².